The number of primary amides is 2. The lowest BCUT2D eigenvalue weighted by Gasteiger charge is -2.35. The summed E-state index contributed by atoms with van der Waals surface area (Å²) in [7, 11) is 1.92. The van der Waals surface area contributed by atoms with E-state index in [-0.39, 0.29) is 37.4 Å². The van der Waals surface area contributed by atoms with Crippen molar-refractivity contribution >= 4 is 80.7 Å². The molecule has 294 valence electrons. The number of carbonyl (C=O) groups excluding carboxylic acids is 9. The van der Waals surface area contributed by atoms with Gasteiger partial charge in [-0.2, -0.15) is 0 Å². The van der Waals surface area contributed by atoms with Gasteiger partial charge in [-0.15, -0.1) is 0 Å². The van der Waals surface area contributed by atoms with Crippen molar-refractivity contribution in [1.29, 1.82) is 0 Å². The largest absolute Gasteiger partial charge is 0.481 e. The third-order valence-corrected chi connectivity index (χ3v) is 10.9. The van der Waals surface area contributed by atoms with Crippen LogP contribution in [0.25, 0.3) is 0 Å². The monoisotopic (exact) mass is 788 g/mol. The minimum atomic E-state index is -1.63. The second-order valence-electron chi connectivity index (χ2n) is 12.5. The first kappa shape index (κ1) is 42.7. The number of hydrogen-bond donors (Lipinski definition) is 10. The minimum Gasteiger partial charge on any atom is -0.481 e. The van der Waals surface area contributed by atoms with E-state index in [1.807, 2.05) is 0 Å². The van der Waals surface area contributed by atoms with Crippen LogP contribution in [0, 0.1) is 0 Å². The fraction of sp³-hybridized carbons (Fsp3) is 0.655. The molecule has 0 aliphatic carbocycles. The van der Waals surface area contributed by atoms with Gasteiger partial charge < -0.3 is 63.8 Å². The molecular weight excluding hydrogens is 745 g/mol. The van der Waals surface area contributed by atoms with Crippen LogP contribution in [0.15, 0.2) is 0 Å². The lowest BCUT2D eigenvalue weighted by atomic mass is 10.0. The molecule has 3 aliphatic heterocycles. The molecule has 7 atom stereocenters. The highest BCUT2D eigenvalue weighted by atomic mass is 33.1. The summed E-state index contributed by atoms with van der Waals surface area (Å²) < 4.78 is 0. The van der Waals surface area contributed by atoms with Crippen molar-refractivity contribution in [2.45, 2.75) is 80.9 Å². The van der Waals surface area contributed by atoms with Gasteiger partial charge in [0, 0.05) is 31.0 Å². The molecule has 0 radical (unpaired) electrons. The Morgan fingerprint density at radius 1 is 0.736 bits per heavy atom. The fourth-order valence-corrected chi connectivity index (χ4v) is 8.03. The molecular formula is C29H44N10O12S2. The van der Waals surface area contributed by atoms with Crippen LogP contribution in [0.3, 0.4) is 0 Å². The molecule has 24 heteroatoms. The van der Waals surface area contributed by atoms with Gasteiger partial charge >= 0.3 is 5.97 Å². The van der Waals surface area contributed by atoms with Gasteiger partial charge in [0.2, 0.25) is 53.2 Å². The molecule has 0 bridgehead atoms. The number of aliphatic hydroxyl groups is 1. The summed E-state index contributed by atoms with van der Waals surface area (Å²) in [5, 5.41) is 31.3. The van der Waals surface area contributed by atoms with E-state index in [9.17, 15) is 58.2 Å². The average molecular weight is 789 g/mol. The summed E-state index contributed by atoms with van der Waals surface area (Å²) in [6.07, 6.45) is -1.70. The number of amides is 9. The Bertz CT molecular complexity index is 1470. The number of fused-ring (bicyclic) bond motifs is 2. The van der Waals surface area contributed by atoms with Crippen LogP contribution in [0.1, 0.15) is 38.5 Å². The maximum Gasteiger partial charge on any atom is 0.305 e. The fourth-order valence-electron chi connectivity index (χ4n) is 5.73. The maximum atomic E-state index is 13.4. The van der Waals surface area contributed by atoms with Crippen LogP contribution < -0.4 is 43.8 Å². The summed E-state index contributed by atoms with van der Waals surface area (Å²) >= 11 is 0. The highest BCUT2D eigenvalue weighted by Crippen LogP contribution is 2.23. The third kappa shape index (κ3) is 12.7. The van der Waals surface area contributed by atoms with Crippen LogP contribution in [-0.2, 0) is 47.9 Å². The zero-order valence-electron chi connectivity index (χ0n) is 28.4. The smallest absolute Gasteiger partial charge is 0.305 e. The second-order valence-corrected chi connectivity index (χ2v) is 15.1. The number of nitrogens with zero attached hydrogens (tertiary/aromatic N) is 2. The molecule has 0 saturated carbocycles. The Hall–Kier alpha value is -4.68. The molecule has 0 spiro atoms. The van der Waals surface area contributed by atoms with Gasteiger partial charge in [-0.1, -0.05) is 21.6 Å². The average Bonchev–Trinajstić information content (AvgIpc) is 3.50. The highest BCUT2D eigenvalue weighted by molar-refractivity contribution is 8.76. The number of aliphatic hydroxyl groups excluding tert-OH is 1. The predicted molar refractivity (Wildman–Crippen MR) is 185 cm³/mol. The highest BCUT2D eigenvalue weighted by Gasteiger charge is 2.41. The Morgan fingerprint density at radius 3 is 1.98 bits per heavy atom. The molecule has 9 amide bonds. The molecule has 0 unspecified atom stereocenters. The summed E-state index contributed by atoms with van der Waals surface area (Å²) in [6, 6.07) is -8.30. The molecule has 53 heavy (non-hydrogen) atoms. The molecule has 0 aromatic rings. The number of aliphatic carboxylic acids is 1. The van der Waals surface area contributed by atoms with Crippen LogP contribution in [0.4, 0.5) is 0 Å². The SMILES string of the molecule is NC(=O)C[C@@H]1NC(=O)[C@@H]2C[C@@H](O)CN2C(=O)CNC(=O)[C@@H]2CCCCN2C(=O)CNC(=O)[C@@H](CC(=O)O)NC(=O)[C@H](N)CSSC[C@H](C(N)=O)NC1=O. The van der Waals surface area contributed by atoms with E-state index >= 15 is 0 Å². The summed E-state index contributed by atoms with van der Waals surface area (Å²) in [6.45, 7) is -1.48. The maximum absolute atomic E-state index is 13.4. The Labute approximate surface area is 310 Å². The van der Waals surface area contributed by atoms with Crippen molar-refractivity contribution in [2.75, 3.05) is 37.7 Å². The molecule has 22 nitrogen and oxygen atoms in total. The van der Waals surface area contributed by atoms with Crippen molar-refractivity contribution in [3.05, 3.63) is 0 Å². The molecule has 0 aromatic heterocycles. The van der Waals surface area contributed by atoms with Crippen molar-refractivity contribution in [1.82, 2.24) is 36.4 Å². The van der Waals surface area contributed by atoms with E-state index in [1.54, 1.807) is 0 Å². The zero-order valence-corrected chi connectivity index (χ0v) is 30.1. The normalized spacial score (nSPS) is 29.4. The minimum absolute atomic E-state index is 0.126. The van der Waals surface area contributed by atoms with E-state index in [1.165, 1.54) is 4.90 Å². The van der Waals surface area contributed by atoms with Crippen molar-refractivity contribution in [3.8, 4) is 0 Å². The van der Waals surface area contributed by atoms with E-state index in [0.717, 1.165) is 26.5 Å². The third-order valence-electron chi connectivity index (χ3n) is 8.47. The van der Waals surface area contributed by atoms with E-state index < -0.39 is 127 Å². The Morgan fingerprint density at radius 2 is 1.34 bits per heavy atom. The van der Waals surface area contributed by atoms with Gasteiger partial charge in [0.25, 0.3) is 0 Å². The first-order chi connectivity index (χ1) is 25.0. The van der Waals surface area contributed by atoms with Crippen molar-refractivity contribution in [3.63, 3.8) is 0 Å². The number of carbonyl (C=O) groups is 10. The van der Waals surface area contributed by atoms with Gasteiger partial charge in [0.15, 0.2) is 0 Å². The summed E-state index contributed by atoms with van der Waals surface area (Å²) in [4.78, 5) is 130. The van der Waals surface area contributed by atoms with E-state index in [2.05, 4.69) is 26.6 Å². The number of piperidine rings is 1. The number of nitrogens with one attached hydrogen (secondary N) is 5. The second kappa shape index (κ2) is 20.0. The van der Waals surface area contributed by atoms with Gasteiger partial charge in [0.1, 0.15) is 30.2 Å². The van der Waals surface area contributed by atoms with Gasteiger partial charge in [-0.25, -0.2) is 0 Å². The number of hydrogen-bond acceptors (Lipinski definition) is 14. The zero-order chi connectivity index (χ0) is 39.4. The van der Waals surface area contributed by atoms with Crippen LogP contribution in [0.5, 0.6) is 0 Å². The molecule has 3 aliphatic rings. The first-order valence-corrected chi connectivity index (χ1v) is 19.0. The Balaban J connectivity index is 1.88. The first-order valence-electron chi connectivity index (χ1n) is 16.5. The lowest BCUT2D eigenvalue weighted by Crippen LogP contribution is -2.58. The topological polar surface area (TPSA) is 356 Å². The number of rotatable bonds is 5. The molecule has 3 saturated heterocycles. The van der Waals surface area contributed by atoms with Gasteiger partial charge in [-0.05, 0) is 19.3 Å². The number of carboxylic acids is 1. The summed E-state index contributed by atoms with van der Waals surface area (Å²) in [5.74, 6) is -9.83. The van der Waals surface area contributed by atoms with Gasteiger partial charge in [0.05, 0.1) is 38.1 Å². The van der Waals surface area contributed by atoms with E-state index in [0.29, 0.717) is 12.8 Å². The van der Waals surface area contributed by atoms with Crippen molar-refractivity contribution in [2.24, 2.45) is 17.2 Å². The Kier molecular flexibility index (Phi) is 16.1. The lowest BCUT2D eigenvalue weighted by molar-refractivity contribution is -0.144. The molecule has 3 heterocycles. The van der Waals surface area contributed by atoms with Gasteiger partial charge in [-0.3, -0.25) is 47.9 Å². The molecule has 3 rings (SSSR count). The molecule has 13 N–H and O–H groups in total. The molecule has 3 fully saturated rings. The number of carboxylic acid groups (broad SMARTS) is 1. The summed E-state index contributed by atoms with van der Waals surface area (Å²) in [5.41, 5.74) is 16.7. The van der Waals surface area contributed by atoms with Crippen molar-refractivity contribution < 1.29 is 58.2 Å². The molecule has 0 aromatic carbocycles. The predicted octanol–water partition coefficient (Wildman–Crippen LogP) is -6.43. The van der Waals surface area contributed by atoms with Crippen LogP contribution in [0.2, 0.25) is 0 Å². The quantitative estimate of drug-likeness (QED) is 0.116. The number of nitrogens with two attached hydrogens (primary N) is 3. The van der Waals surface area contributed by atoms with Crippen LogP contribution in [-0.4, -0.2) is 159 Å². The van der Waals surface area contributed by atoms with Crippen LogP contribution >= 0.6 is 21.6 Å². The van der Waals surface area contributed by atoms with E-state index in [4.69, 9.17) is 17.2 Å². The standard InChI is InChI=1S/C29H44N10O12S2/c30-14-11-52-53-12-17(24(32)46)37-27(49)15(6-20(31)41)36-29(51)19-5-13(40)10-39(19)22(43)9-34-28(50)18-3-1-2-4-38(18)21(42)8-33-26(48)16(7-23(44)45)35-25(14)47/h13-19,40H,1-12,30H2,(H2,31,41)(H2,32,46)(H,33,48)(H,34,50)(H,35,47)(H,36,51)(H,37,49)(H,44,45)/t13-,14-,15+,16-,17-,18+,19+/m1/s1.